The summed E-state index contributed by atoms with van der Waals surface area (Å²) in [5.41, 5.74) is 0.877. The normalized spacial score (nSPS) is 17.9. The van der Waals surface area contributed by atoms with Gasteiger partial charge in [-0.15, -0.1) is 11.3 Å². The van der Waals surface area contributed by atoms with E-state index in [0.29, 0.717) is 32.1 Å². The van der Waals surface area contributed by atoms with Crippen molar-refractivity contribution in [1.82, 2.24) is 9.55 Å². The van der Waals surface area contributed by atoms with Crippen LogP contribution in [0.4, 0.5) is 8.78 Å². The molecule has 2 aliphatic rings. The van der Waals surface area contributed by atoms with Crippen LogP contribution in [-0.2, 0) is 0 Å². The second kappa shape index (κ2) is 6.27. The molecule has 1 aliphatic heterocycles. The van der Waals surface area contributed by atoms with Crippen LogP contribution in [0.3, 0.4) is 0 Å². The molecule has 0 amide bonds. The quantitative estimate of drug-likeness (QED) is 0.293. The van der Waals surface area contributed by atoms with Crippen molar-refractivity contribution in [1.29, 1.82) is 0 Å². The van der Waals surface area contributed by atoms with Crippen LogP contribution in [0.5, 0.6) is 5.75 Å². The van der Waals surface area contributed by atoms with Gasteiger partial charge in [0.2, 0.25) is 6.23 Å². The zero-order valence-electron chi connectivity index (χ0n) is 14.8. The molecule has 3 nitrogen and oxygen atoms in total. The second-order valence-corrected chi connectivity index (χ2v) is 9.75. The Balaban J connectivity index is 1.66. The average Bonchev–Trinajstić information content (AvgIpc) is 3.35. The molecule has 1 aliphatic carbocycles. The molecule has 0 saturated heterocycles. The summed E-state index contributed by atoms with van der Waals surface area (Å²) in [5, 5.41) is 1.82. The molecule has 0 bridgehead atoms. The van der Waals surface area contributed by atoms with Crippen LogP contribution < -0.4 is 4.74 Å². The molecule has 0 N–H and O–H groups in total. The number of ether oxygens (including phenoxy) is 1. The average molecular weight is 494 g/mol. The van der Waals surface area contributed by atoms with Crippen molar-refractivity contribution in [3.8, 4) is 17.0 Å². The second-order valence-electron chi connectivity index (χ2n) is 7.30. The molecule has 2 aromatic carbocycles. The maximum Gasteiger partial charge on any atom is 0.213 e. The van der Waals surface area contributed by atoms with E-state index in [0.717, 1.165) is 22.7 Å². The number of fused-ring (bicyclic) bond motifs is 5. The summed E-state index contributed by atoms with van der Waals surface area (Å²) in [6, 6.07) is 7.98. The Morgan fingerprint density at radius 3 is 2.83 bits per heavy atom. The van der Waals surface area contributed by atoms with Crippen LogP contribution >= 0.6 is 38.9 Å². The fourth-order valence-electron chi connectivity index (χ4n) is 3.89. The number of hydrogen-bond acceptors (Lipinski definition) is 3. The van der Waals surface area contributed by atoms with Gasteiger partial charge in [-0.1, -0.05) is 27.5 Å². The number of halogens is 4. The maximum absolute atomic E-state index is 15.6. The Morgan fingerprint density at radius 2 is 2.03 bits per heavy atom. The molecule has 29 heavy (non-hydrogen) atoms. The van der Waals surface area contributed by atoms with E-state index >= 15 is 4.39 Å². The lowest BCUT2D eigenvalue weighted by Crippen LogP contribution is -2.22. The lowest BCUT2D eigenvalue weighted by molar-refractivity contribution is 0.174. The number of nitrogens with zero attached hydrogens (tertiary/aromatic N) is 2. The highest BCUT2D eigenvalue weighted by molar-refractivity contribution is 9.10. The van der Waals surface area contributed by atoms with Gasteiger partial charge in [0.15, 0.2) is 5.82 Å². The Kier molecular flexibility index (Phi) is 3.86. The molecule has 1 atom stereocenters. The number of hydrogen-bond donors (Lipinski definition) is 0. The monoisotopic (exact) mass is 492 g/mol. The van der Waals surface area contributed by atoms with Crippen molar-refractivity contribution >= 4 is 49.8 Å². The predicted octanol–water partition coefficient (Wildman–Crippen LogP) is 7.28. The van der Waals surface area contributed by atoms with E-state index in [1.54, 1.807) is 46.4 Å². The third-order valence-corrected chi connectivity index (χ3v) is 7.23. The molecule has 4 aromatic rings. The SMILES string of the molecule is Fc1cc(Br)cc2c1-c1c(F)c3cc(Cl)ccc3n1C(c1cnc(C3CC3)s1)O2. The summed E-state index contributed by atoms with van der Waals surface area (Å²) in [6.07, 6.45) is 3.43. The Morgan fingerprint density at radius 1 is 1.21 bits per heavy atom. The van der Waals surface area contributed by atoms with Gasteiger partial charge in [-0.25, -0.2) is 13.8 Å². The predicted molar refractivity (Wildman–Crippen MR) is 113 cm³/mol. The van der Waals surface area contributed by atoms with Crippen LogP contribution in [-0.4, -0.2) is 9.55 Å². The fourth-order valence-corrected chi connectivity index (χ4v) is 5.58. The number of aromatic nitrogens is 2. The Labute approximate surface area is 182 Å². The van der Waals surface area contributed by atoms with Crippen LogP contribution in [0.2, 0.25) is 5.02 Å². The van der Waals surface area contributed by atoms with Crippen molar-refractivity contribution in [2.45, 2.75) is 25.0 Å². The molecule has 1 saturated carbocycles. The minimum absolute atomic E-state index is 0.112. The number of rotatable bonds is 2. The molecule has 8 heteroatoms. The van der Waals surface area contributed by atoms with Gasteiger partial charge in [0.25, 0.3) is 0 Å². The first-order chi connectivity index (χ1) is 14.0. The van der Waals surface area contributed by atoms with E-state index < -0.39 is 17.9 Å². The highest BCUT2D eigenvalue weighted by Gasteiger charge is 2.36. The Bertz CT molecular complexity index is 1310. The Hall–Kier alpha value is -1.96. The van der Waals surface area contributed by atoms with Crippen molar-refractivity contribution in [3.05, 3.63) is 67.5 Å². The summed E-state index contributed by atoms with van der Waals surface area (Å²) in [4.78, 5) is 5.40. The standard InChI is InChI=1S/C21H12BrClF2N2OS/c22-10-5-13(24)17-15(6-10)28-21(16-8-26-20(29-16)9-1-2-9)27-14-4-3-11(23)7-12(14)18(25)19(17)27/h3-9,21H,1-2H2. The third kappa shape index (κ3) is 2.67. The van der Waals surface area contributed by atoms with E-state index in [1.165, 1.54) is 6.07 Å². The molecule has 0 radical (unpaired) electrons. The summed E-state index contributed by atoms with van der Waals surface area (Å²) >= 11 is 11.0. The topological polar surface area (TPSA) is 27.1 Å². The van der Waals surface area contributed by atoms with Crippen LogP contribution in [0.15, 0.2) is 41.0 Å². The lowest BCUT2D eigenvalue weighted by atomic mass is 10.1. The fraction of sp³-hybridized carbons (Fsp3) is 0.190. The third-order valence-electron chi connectivity index (χ3n) is 5.34. The van der Waals surface area contributed by atoms with E-state index in [9.17, 15) is 4.39 Å². The van der Waals surface area contributed by atoms with E-state index in [4.69, 9.17) is 16.3 Å². The first-order valence-corrected chi connectivity index (χ1v) is 11.1. The molecule has 2 aromatic heterocycles. The first kappa shape index (κ1) is 17.9. The highest BCUT2D eigenvalue weighted by atomic mass is 79.9. The number of benzene rings is 2. The van der Waals surface area contributed by atoms with Gasteiger partial charge < -0.3 is 4.74 Å². The highest BCUT2D eigenvalue weighted by Crippen LogP contribution is 2.50. The molecule has 1 fully saturated rings. The maximum atomic E-state index is 15.6. The molecule has 6 rings (SSSR count). The molecule has 3 heterocycles. The zero-order chi connectivity index (χ0) is 19.9. The van der Waals surface area contributed by atoms with Gasteiger partial charge in [-0.05, 0) is 43.2 Å². The van der Waals surface area contributed by atoms with Gasteiger partial charge in [0.1, 0.15) is 11.6 Å². The number of thiazole rings is 1. The summed E-state index contributed by atoms with van der Waals surface area (Å²) in [7, 11) is 0. The van der Waals surface area contributed by atoms with Gasteiger partial charge in [-0.2, -0.15) is 0 Å². The first-order valence-electron chi connectivity index (χ1n) is 9.12. The molecular weight excluding hydrogens is 482 g/mol. The van der Waals surface area contributed by atoms with Crippen molar-refractivity contribution in [3.63, 3.8) is 0 Å². The summed E-state index contributed by atoms with van der Waals surface area (Å²) < 4.78 is 39.0. The van der Waals surface area contributed by atoms with Gasteiger partial charge in [0.05, 0.1) is 26.7 Å². The minimum atomic E-state index is -0.635. The van der Waals surface area contributed by atoms with Gasteiger partial charge >= 0.3 is 0 Å². The zero-order valence-corrected chi connectivity index (χ0v) is 17.9. The lowest BCUT2D eigenvalue weighted by Gasteiger charge is -2.29. The summed E-state index contributed by atoms with van der Waals surface area (Å²) in [5.74, 6) is -0.258. The van der Waals surface area contributed by atoms with Crippen LogP contribution in [0.25, 0.3) is 22.2 Å². The van der Waals surface area contributed by atoms with Crippen molar-refractivity contribution in [2.24, 2.45) is 0 Å². The van der Waals surface area contributed by atoms with Crippen molar-refractivity contribution in [2.75, 3.05) is 0 Å². The van der Waals surface area contributed by atoms with Gasteiger partial charge in [0, 0.05) is 27.0 Å². The van der Waals surface area contributed by atoms with Gasteiger partial charge in [-0.3, -0.25) is 4.57 Å². The molecule has 0 spiro atoms. The molecular formula is C21H12BrClF2N2OS. The van der Waals surface area contributed by atoms with E-state index in [-0.39, 0.29) is 11.3 Å². The summed E-state index contributed by atoms with van der Waals surface area (Å²) in [6.45, 7) is 0. The molecule has 1 unspecified atom stereocenters. The van der Waals surface area contributed by atoms with E-state index in [1.807, 2.05) is 0 Å². The van der Waals surface area contributed by atoms with Crippen molar-refractivity contribution < 1.29 is 13.5 Å². The minimum Gasteiger partial charge on any atom is -0.464 e. The van der Waals surface area contributed by atoms with Crippen LogP contribution in [0.1, 0.15) is 34.9 Å². The van der Waals surface area contributed by atoms with E-state index in [2.05, 4.69) is 20.9 Å². The van der Waals surface area contributed by atoms with Crippen LogP contribution in [0, 0.1) is 11.6 Å². The molecule has 146 valence electrons. The smallest absolute Gasteiger partial charge is 0.213 e. The largest absolute Gasteiger partial charge is 0.464 e.